The van der Waals surface area contributed by atoms with Crippen LogP contribution in [0, 0.1) is 6.92 Å². The van der Waals surface area contributed by atoms with E-state index in [2.05, 4.69) is 26.7 Å². The number of halogens is 1. The standard InChI is InChI=1S/C12H9BrOS/c1-8-4-9(5-14)2-3-10(8)11-6-15-7-12(11)13/h2-7H,1H3. The monoisotopic (exact) mass is 280 g/mol. The number of carbonyl (C=O) groups excluding carboxylic acids is 1. The zero-order valence-electron chi connectivity index (χ0n) is 8.16. The first-order valence-electron chi connectivity index (χ1n) is 4.50. The molecular weight excluding hydrogens is 272 g/mol. The summed E-state index contributed by atoms with van der Waals surface area (Å²) >= 11 is 5.18. The molecule has 0 saturated heterocycles. The second-order valence-electron chi connectivity index (χ2n) is 3.33. The molecule has 2 aromatic rings. The molecule has 1 aromatic carbocycles. The predicted octanol–water partition coefficient (Wildman–Crippen LogP) is 4.30. The molecule has 0 bridgehead atoms. The molecule has 0 aliphatic rings. The molecule has 15 heavy (non-hydrogen) atoms. The topological polar surface area (TPSA) is 17.1 Å². The van der Waals surface area contributed by atoms with Crippen molar-refractivity contribution in [3.05, 3.63) is 44.6 Å². The zero-order valence-corrected chi connectivity index (χ0v) is 10.6. The highest BCUT2D eigenvalue weighted by molar-refractivity contribution is 9.10. The molecule has 0 aliphatic heterocycles. The van der Waals surface area contributed by atoms with E-state index >= 15 is 0 Å². The minimum absolute atomic E-state index is 0.725. The fraction of sp³-hybridized carbons (Fsp3) is 0.0833. The Morgan fingerprint density at radius 3 is 2.60 bits per heavy atom. The Kier molecular flexibility index (Phi) is 3.03. The van der Waals surface area contributed by atoms with Crippen LogP contribution in [0.25, 0.3) is 11.1 Å². The molecule has 76 valence electrons. The van der Waals surface area contributed by atoms with E-state index in [-0.39, 0.29) is 0 Å². The van der Waals surface area contributed by atoms with Crippen molar-refractivity contribution in [1.82, 2.24) is 0 Å². The van der Waals surface area contributed by atoms with Gasteiger partial charge in [-0.2, -0.15) is 11.3 Å². The molecule has 1 aromatic heterocycles. The molecule has 0 spiro atoms. The fourth-order valence-corrected chi connectivity index (χ4v) is 3.04. The third-order valence-corrected chi connectivity index (χ3v) is 3.99. The van der Waals surface area contributed by atoms with Gasteiger partial charge in [0.2, 0.25) is 0 Å². The summed E-state index contributed by atoms with van der Waals surface area (Å²) in [5.41, 5.74) is 4.21. The molecular formula is C12H9BrOS. The lowest BCUT2D eigenvalue weighted by Gasteiger charge is -2.05. The van der Waals surface area contributed by atoms with Crippen LogP contribution in [0.4, 0.5) is 0 Å². The van der Waals surface area contributed by atoms with Crippen LogP contribution < -0.4 is 0 Å². The maximum Gasteiger partial charge on any atom is 0.150 e. The van der Waals surface area contributed by atoms with Gasteiger partial charge in [0.1, 0.15) is 6.29 Å². The highest BCUT2D eigenvalue weighted by Gasteiger charge is 2.07. The highest BCUT2D eigenvalue weighted by Crippen LogP contribution is 2.33. The predicted molar refractivity (Wildman–Crippen MR) is 67.6 cm³/mol. The fourth-order valence-electron chi connectivity index (χ4n) is 1.54. The van der Waals surface area contributed by atoms with Gasteiger partial charge >= 0.3 is 0 Å². The second-order valence-corrected chi connectivity index (χ2v) is 4.92. The smallest absolute Gasteiger partial charge is 0.150 e. The SMILES string of the molecule is Cc1cc(C=O)ccc1-c1cscc1Br. The molecule has 0 aliphatic carbocycles. The van der Waals surface area contributed by atoms with E-state index < -0.39 is 0 Å². The molecule has 1 nitrogen and oxygen atoms in total. The lowest BCUT2D eigenvalue weighted by atomic mass is 10.0. The third-order valence-electron chi connectivity index (χ3n) is 2.29. The average Bonchev–Trinajstić information content (AvgIpc) is 2.64. The summed E-state index contributed by atoms with van der Waals surface area (Å²) in [7, 11) is 0. The van der Waals surface area contributed by atoms with Crippen LogP contribution in [0.3, 0.4) is 0 Å². The largest absolute Gasteiger partial charge is 0.298 e. The lowest BCUT2D eigenvalue weighted by molar-refractivity contribution is 0.112. The number of thiophene rings is 1. The number of aldehydes is 1. The van der Waals surface area contributed by atoms with Gasteiger partial charge in [0, 0.05) is 21.0 Å². The summed E-state index contributed by atoms with van der Waals surface area (Å²) in [4.78, 5) is 10.6. The number of carbonyl (C=O) groups is 1. The second kappa shape index (κ2) is 4.29. The normalized spacial score (nSPS) is 10.3. The Morgan fingerprint density at radius 2 is 2.07 bits per heavy atom. The van der Waals surface area contributed by atoms with Gasteiger partial charge in [-0.15, -0.1) is 0 Å². The number of hydrogen-bond donors (Lipinski definition) is 0. The number of benzene rings is 1. The van der Waals surface area contributed by atoms with Crippen molar-refractivity contribution in [3.8, 4) is 11.1 Å². The van der Waals surface area contributed by atoms with Gasteiger partial charge < -0.3 is 0 Å². The molecule has 0 radical (unpaired) electrons. The van der Waals surface area contributed by atoms with Crippen molar-refractivity contribution in [2.45, 2.75) is 6.92 Å². The van der Waals surface area contributed by atoms with E-state index in [0.29, 0.717) is 0 Å². The summed E-state index contributed by atoms with van der Waals surface area (Å²) in [5.74, 6) is 0. The summed E-state index contributed by atoms with van der Waals surface area (Å²) in [6, 6.07) is 5.75. The van der Waals surface area contributed by atoms with Crippen LogP contribution in [0.15, 0.2) is 33.4 Å². The van der Waals surface area contributed by atoms with Gasteiger partial charge in [0.15, 0.2) is 0 Å². The van der Waals surface area contributed by atoms with Crippen LogP contribution in [0.5, 0.6) is 0 Å². The molecule has 0 atom stereocenters. The lowest BCUT2D eigenvalue weighted by Crippen LogP contribution is -1.86. The number of rotatable bonds is 2. The van der Waals surface area contributed by atoms with Gasteiger partial charge in [-0.1, -0.05) is 12.1 Å². The Bertz CT molecular complexity index is 502. The van der Waals surface area contributed by atoms with Crippen LogP contribution in [0.2, 0.25) is 0 Å². The van der Waals surface area contributed by atoms with E-state index in [9.17, 15) is 4.79 Å². The quantitative estimate of drug-likeness (QED) is 0.750. The van der Waals surface area contributed by atoms with E-state index in [4.69, 9.17) is 0 Å². The summed E-state index contributed by atoms with van der Waals surface area (Å²) in [6.07, 6.45) is 0.874. The Hall–Kier alpha value is -0.930. The summed E-state index contributed by atoms with van der Waals surface area (Å²) in [6.45, 7) is 2.02. The van der Waals surface area contributed by atoms with E-state index in [1.54, 1.807) is 11.3 Å². The molecule has 0 amide bonds. The van der Waals surface area contributed by atoms with E-state index in [0.717, 1.165) is 21.9 Å². The van der Waals surface area contributed by atoms with Crippen molar-refractivity contribution in [2.75, 3.05) is 0 Å². The zero-order chi connectivity index (χ0) is 10.8. The van der Waals surface area contributed by atoms with Gasteiger partial charge in [-0.25, -0.2) is 0 Å². The molecule has 0 saturated carbocycles. The maximum atomic E-state index is 10.6. The first-order chi connectivity index (χ1) is 7.22. The van der Waals surface area contributed by atoms with Crippen molar-refractivity contribution in [1.29, 1.82) is 0 Å². The molecule has 2 rings (SSSR count). The molecule has 0 unspecified atom stereocenters. The minimum Gasteiger partial charge on any atom is -0.298 e. The highest BCUT2D eigenvalue weighted by atomic mass is 79.9. The first-order valence-corrected chi connectivity index (χ1v) is 6.24. The van der Waals surface area contributed by atoms with Crippen LogP contribution in [-0.4, -0.2) is 6.29 Å². The van der Waals surface area contributed by atoms with Crippen molar-refractivity contribution in [3.63, 3.8) is 0 Å². The molecule has 0 N–H and O–H groups in total. The number of aryl methyl sites for hydroxylation is 1. The van der Waals surface area contributed by atoms with E-state index in [1.807, 2.05) is 25.1 Å². The Balaban J connectivity index is 2.55. The van der Waals surface area contributed by atoms with Gasteiger partial charge in [0.25, 0.3) is 0 Å². The maximum absolute atomic E-state index is 10.6. The minimum atomic E-state index is 0.725. The number of hydrogen-bond acceptors (Lipinski definition) is 2. The van der Waals surface area contributed by atoms with Crippen LogP contribution >= 0.6 is 27.3 Å². The van der Waals surface area contributed by atoms with E-state index in [1.165, 1.54) is 11.1 Å². The van der Waals surface area contributed by atoms with Crippen molar-refractivity contribution in [2.24, 2.45) is 0 Å². The molecule has 1 heterocycles. The van der Waals surface area contributed by atoms with Crippen molar-refractivity contribution < 1.29 is 4.79 Å². The summed E-state index contributed by atoms with van der Waals surface area (Å²) < 4.78 is 1.11. The average molecular weight is 281 g/mol. The van der Waals surface area contributed by atoms with Gasteiger partial charge in [0.05, 0.1) is 0 Å². The van der Waals surface area contributed by atoms with Crippen LogP contribution in [0.1, 0.15) is 15.9 Å². The van der Waals surface area contributed by atoms with Gasteiger partial charge in [-0.3, -0.25) is 4.79 Å². The third kappa shape index (κ3) is 2.03. The molecule has 3 heteroatoms. The van der Waals surface area contributed by atoms with Crippen molar-refractivity contribution >= 4 is 33.6 Å². The summed E-state index contributed by atoms with van der Waals surface area (Å²) in [5, 5.41) is 4.16. The Morgan fingerprint density at radius 1 is 1.27 bits per heavy atom. The first kappa shape index (κ1) is 10.6. The van der Waals surface area contributed by atoms with Crippen LogP contribution in [-0.2, 0) is 0 Å². The van der Waals surface area contributed by atoms with Gasteiger partial charge in [-0.05, 0) is 45.4 Å². The Labute approximate surface area is 101 Å². The molecule has 0 fully saturated rings.